The summed E-state index contributed by atoms with van der Waals surface area (Å²) in [5, 5.41) is 2.54. The maximum Gasteiger partial charge on any atom is 0.240 e. The van der Waals surface area contributed by atoms with Crippen molar-refractivity contribution in [1.29, 1.82) is 0 Å². The van der Waals surface area contributed by atoms with Crippen LogP contribution in [0.1, 0.15) is 24.8 Å². The maximum atomic E-state index is 13.0. The third-order valence-electron chi connectivity index (χ3n) is 3.29. The SMILES string of the molecule is NC(=O)[C@@H](CC1CC1)NC(=O)Cc1ccc(F)c(F)c1. The number of nitrogens with two attached hydrogens (primary N) is 1. The molecule has 0 aromatic heterocycles. The molecule has 0 saturated heterocycles. The lowest BCUT2D eigenvalue weighted by atomic mass is 10.1. The average molecular weight is 282 g/mol. The van der Waals surface area contributed by atoms with E-state index in [1.807, 2.05) is 0 Å². The van der Waals surface area contributed by atoms with Gasteiger partial charge in [0, 0.05) is 0 Å². The van der Waals surface area contributed by atoms with E-state index in [-0.39, 0.29) is 6.42 Å². The van der Waals surface area contributed by atoms with E-state index in [1.165, 1.54) is 6.07 Å². The summed E-state index contributed by atoms with van der Waals surface area (Å²) in [6.45, 7) is 0. The Morgan fingerprint density at radius 2 is 2.00 bits per heavy atom. The van der Waals surface area contributed by atoms with Crippen LogP contribution in [0.2, 0.25) is 0 Å². The molecule has 1 aliphatic rings. The Bertz CT molecular complexity index is 530. The van der Waals surface area contributed by atoms with Gasteiger partial charge in [0.05, 0.1) is 6.42 Å². The van der Waals surface area contributed by atoms with Crippen LogP contribution in [0, 0.1) is 17.6 Å². The third kappa shape index (κ3) is 4.01. The molecule has 1 atom stereocenters. The van der Waals surface area contributed by atoms with Crippen LogP contribution >= 0.6 is 0 Å². The molecule has 2 amide bonds. The maximum absolute atomic E-state index is 13.0. The summed E-state index contributed by atoms with van der Waals surface area (Å²) in [7, 11) is 0. The standard InChI is InChI=1S/C14H16F2N2O2/c15-10-4-3-9(5-11(10)16)7-13(19)18-12(14(17)20)6-8-1-2-8/h3-5,8,12H,1-2,6-7H2,(H2,17,20)(H,18,19)/t12-/m1/s1. The van der Waals surface area contributed by atoms with Crippen molar-refractivity contribution in [3.05, 3.63) is 35.4 Å². The molecule has 2 rings (SSSR count). The zero-order chi connectivity index (χ0) is 14.7. The summed E-state index contributed by atoms with van der Waals surface area (Å²) >= 11 is 0. The smallest absolute Gasteiger partial charge is 0.240 e. The van der Waals surface area contributed by atoms with Crippen LogP contribution in [0.3, 0.4) is 0 Å². The van der Waals surface area contributed by atoms with Crippen LogP contribution in [0.4, 0.5) is 8.78 Å². The van der Waals surface area contributed by atoms with Crippen LogP contribution in [0.15, 0.2) is 18.2 Å². The van der Waals surface area contributed by atoms with Crippen LogP contribution in [-0.4, -0.2) is 17.9 Å². The van der Waals surface area contributed by atoms with E-state index in [4.69, 9.17) is 5.73 Å². The van der Waals surface area contributed by atoms with Gasteiger partial charge in [0.25, 0.3) is 0 Å². The highest BCUT2D eigenvalue weighted by molar-refractivity contribution is 5.87. The zero-order valence-corrected chi connectivity index (χ0v) is 10.9. The number of nitrogens with one attached hydrogen (secondary N) is 1. The summed E-state index contributed by atoms with van der Waals surface area (Å²) in [4.78, 5) is 23.0. The topological polar surface area (TPSA) is 72.2 Å². The van der Waals surface area contributed by atoms with Crippen molar-refractivity contribution >= 4 is 11.8 Å². The van der Waals surface area contributed by atoms with Gasteiger partial charge in [-0.05, 0) is 30.0 Å². The molecule has 4 nitrogen and oxygen atoms in total. The number of hydrogen-bond donors (Lipinski definition) is 2. The lowest BCUT2D eigenvalue weighted by molar-refractivity contribution is -0.127. The number of carbonyl (C=O) groups is 2. The second-order valence-corrected chi connectivity index (χ2v) is 5.13. The molecule has 0 heterocycles. The van der Waals surface area contributed by atoms with Crippen LogP contribution in [0.5, 0.6) is 0 Å². The summed E-state index contributed by atoms with van der Waals surface area (Å²) in [5.74, 6) is -2.52. The van der Waals surface area contributed by atoms with Gasteiger partial charge in [0.2, 0.25) is 11.8 Å². The van der Waals surface area contributed by atoms with Gasteiger partial charge in [-0.1, -0.05) is 18.9 Å². The minimum Gasteiger partial charge on any atom is -0.368 e. The first-order chi connectivity index (χ1) is 9.45. The molecule has 0 aliphatic heterocycles. The Balaban J connectivity index is 1.92. The molecule has 1 fully saturated rings. The molecule has 0 radical (unpaired) electrons. The number of carbonyl (C=O) groups excluding carboxylic acids is 2. The minimum absolute atomic E-state index is 0.119. The summed E-state index contributed by atoms with van der Waals surface area (Å²) in [6.07, 6.45) is 2.51. The lowest BCUT2D eigenvalue weighted by Crippen LogP contribution is -2.45. The molecule has 20 heavy (non-hydrogen) atoms. The van der Waals surface area contributed by atoms with E-state index in [0.717, 1.165) is 25.0 Å². The van der Waals surface area contributed by atoms with Gasteiger partial charge in [-0.15, -0.1) is 0 Å². The Morgan fingerprint density at radius 3 is 2.55 bits per heavy atom. The van der Waals surface area contributed by atoms with Crippen molar-refractivity contribution in [3.8, 4) is 0 Å². The van der Waals surface area contributed by atoms with E-state index in [1.54, 1.807) is 0 Å². The van der Waals surface area contributed by atoms with E-state index in [2.05, 4.69) is 5.32 Å². The predicted molar refractivity (Wildman–Crippen MR) is 68.5 cm³/mol. The fourth-order valence-corrected chi connectivity index (χ4v) is 2.01. The third-order valence-corrected chi connectivity index (χ3v) is 3.29. The number of rotatable bonds is 6. The number of halogens is 2. The second kappa shape index (κ2) is 5.98. The van der Waals surface area contributed by atoms with Gasteiger partial charge >= 0.3 is 0 Å². The number of hydrogen-bond acceptors (Lipinski definition) is 2. The van der Waals surface area contributed by atoms with Crippen molar-refractivity contribution in [2.45, 2.75) is 31.7 Å². The molecule has 6 heteroatoms. The Hall–Kier alpha value is -1.98. The van der Waals surface area contributed by atoms with Crippen LogP contribution in [-0.2, 0) is 16.0 Å². The van der Waals surface area contributed by atoms with Crippen molar-refractivity contribution < 1.29 is 18.4 Å². The second-order valence-electron chi connectivity index (χ2n) is 5.13. The fourth-order valence-electron chi connectivity index (χ4n) is 2.01. The first-order valence-corrected chi connectivity index (χ1v) is 6.48. The lowest BCUT2D eigenvalue weighted by Gasteiger charge is -2.15. The van der Waals surface area contributed by atoms with Gasteiger partial charge in [0.15, 0.2) is 11.6 Å². The monoisotopic (exact) mass is 282 g/mol. The first kappa shape index (κ1) is 14.4. The van der Waals surface area contributed by atoms with Gasteiger partial charge in [-0.3, -0.25) is 9.59 Å². The molecule has 1 aliphatic carbocycles. The van der Waals surface area contributed by atoms with Gasteiger partial charge in [-0.2, -0.15) is 0 Å². The molecule has 108 valence electrons. The van der Waals surface area contributed by atoms with Gasteiger partial charge in [-0.25, -0.2) is 8.78 Å². The average Bonchev–Trinajstić information content (AvgIpc) is 3.17. The number of benzene rings is 1. The molecule has 1 aromatic rings. The van der Waals surface area contributed by atoms with Crippen LogP contribution in [0.25, 0.3) is 0 Å². The summed E-state index contributed by atoms with van der Waals surface area (Å²) < 4.78 is 25.8. The predicted octanol–water partition coefficient (Wildman–Crippen LogP) is 1.28. The zero-order valence-electron chi connectivity index (χ0n) is 10.9. The van der Waals surface area contributed by atoms with E-state index in [9.17, 15) is 18.4 Å². The Morgan fingerprint density at radius 1 is 1.30 bits per heavy atom. The summed E-state index contributed by atoms with van der Waals surface area (Å²) in [6, 6.07) is 2.57. The highest BCUT2D eigenvalue weighted by atomic mass is 19.2. The summed E-state index contributed by atoms with van der Waals surface area (Å²) in [5.41, 5.74) is 5.58. The normalized spacial score (nSPS) is 15.7. The largest absolute Gasteiger partial charge is 0.368 e. The Labute approximate surface area is 115 Å². The highest BCUT2D eigenvalue weighted by Crippen LogP contribution is 2.33. The molecule has 0 unspecified atom stereocenters. The molecule has 1 saturated carbocycles. The van der Waals surface area contributed by atoms with Crippen molar-refractivity contribution in [3.63, 3.8) is 0 Å². The molecular formula is C14H16F2N2O2. The fraction of sp³-hybridized carbons (Fsp3) is 0.429. The number of amides is 2. The van der Waals surface area contributed by atoms with Crippen molar-refractivity contribution in [2.24, 2.45) is 11.7 Å². The minimum atomic E-state index is -1.00. The number of primary amides is 1. The molecule has 0 spiro atoms. The van der Waals surface area contributed by atoms with E-state index < -0.39 is 29.5 Å². The van der Waals surface area contributed by atoms with E-state index >= 15 is 0 Å². The molecule has 3 N–H and O–H groups in total. The van der Waals surface area contributed by atoms with Gasteiger partial charge < -0.3 is 11.1 Å². The first-order valence-electron chi connectivity index (χ1n) is 6.48. The van der Waals surface area contributed by atoms with Crippen molar-refractivity contribution in [1.82, 2.24) is 5.32 Å². The quantitative estimate of drug-likeness (QED) is 0.825. The Kier molecular flexibility index (Phi) is 4.32. The molecular weight excluding hydrogens is 266 g/mol. The molecule has 0 bridgehead atoms. The van der Waals surface area contributed by atoms with Crippen LogP contribution < -0.4 is 11.1 Å². The van der Waals surface area contributed by atoms with Crippen molar-refractivity contribution in [2.75, 3.05) is 0 Å². The van der Waals surface area contributed by atoms with Gasteiger partial charge in [0.1, 0.15) is 6.04 Å². The highest BCUT2D eigenvalue weighted by Gasteiger charge is 2.29. The molecule has 1 aromatic carbocycles. The van der Waals surface area contributed by atoms with E-state index in [0.29, 0.717) is 17.9 Å².